The summed E-state index contributed by atoms with van der Waals surface area (Å²) in [6, 6.07) is -0.433. The van der Waals surface area contributed by atoms with Crippen molar-refractivity contribution in [1.82, 2.24) is 10.3 Å². The van der Waals surface area contributed by atoms with Gasteiger partial charge in [-0.05, 0) is 19.3 Å². The molecule has 1 aromatic heterocycles. The van der Waals surface area contributed by atoms with Crippen LogP contribution in [0.15, 0.2) is 0 Å². The number of aryl methyl sites for hydroxylation is 1. The highest BCUT2D eigenvalue weighted by Crippen LogP contribution is 2.40. The Morgan fingerprint density at radius 3 is 2.95 bits per heavy atom. The molecule has 1 fully saturated rings. The number of carboxylic acids is 1. The van der Waals surface area contributed by atoms with Crippen molar-refractivity contribution >= 4 is 34.3 Å². The van der Waals surface area contributed by atoms with Crippen molar-refractivity contribution in [2.75, 3.05) is 11.4 Å². The quantitative estimate of drug-likeness (QED) is 0.789. The van der Waals surface area contributed by atoms with Crippen molar-refractivity contribution in [1.29, 1.82) is 0 Å². The van der Waals surface area contributed by atoms with E-state index in [2.05, 4.69) is 10.3 Å². The molecule has 0 saturated carbocycles. The van der Waals surface area contributed by atoms with Crippen LogP contribution >= 0.6 is 11.3 Å². The summed E-state index contributed by atoms with van der Waals surface area (Å²) in [5, 5.41) is 12.1. The van der Waals surface area contributed by atoms with E-state index in [-0.39, 0.29) is 18.4 Å². The van der Waals surface area contributed by atoms with Gasteiger partial charge in [0.05, 0.1) is 5.69 Å². The standard InChI is InChI=1S/C13H15N3O4S/c1-2-7-11(18)14-9(17)5-16(7)13-15-10-6(12(19)20)3-4-8(10)21-13/h6-7H,2-5H2,1H3,(H,19,20)(H,14,17,18). The summed E-state index contributed by atoms with van der Waals surface area (Å²) in [7, 11) is 0. The Kier molecular flexibility index (Phi) is 3.40. The molecule has 21 heavy (non-hydrogen) atoms. The topological polar surface area (TPSA) is 99.6 Å². The second kappa shape index (κ2) is 5.10. The molecule has 3 rings (SSSR count). The fraction of sp³-hybridized carbons (Fsp3) is 0.538. The fourth-order valence-corrected chi connectivity index (χ4v) is 4.04. The summed E-state index contributed by atoms with van der Waals surface area (Å²) in [5.41, 5.74) is 0.593. The number of aliphatic carboxylic acids is 1. The van der Waals surface area contributed by atoms with E-state index in [0.29, 0.717) is 30.1 Å². The number of piperazine rings is 1. The summed E-state index contributed by atoms with van der Waals surface area (Å²) < 4.78 is 0. The number of fused-ring (bicyclic) bond motifs is 1. The SMILES string of the molecule is CCC1C(=O)NC(=O)CN1c1nc2c(s1)CCC2C(=O)O. The molecule has 2 aliphatic rings. The van der Waals surface area contributed by atoms with Gasteiger partial charge in [0.25, 0.3) is 0 Å². The Morgan fingerprint density at radius 1 is 1.52 bits per heavy atom. The maximum atomic E-state index is 11.9. The molecule has 1 aromatic rings. The van der Waals surface area contributed by atoms with Crippen molar-refractivity contribution in [3.8, 4) is 0 Å². The third kappa shape index (κ3) is 2.29. The van der Waals surface area contributed by atoms with E-state index in [1.807, 2.05) is 6.92 Å². The van der Waals surface area contributed by atoms with Gasteiger partial charge in [-0.25, -0.2) is 4.98 Å². The fourth-order valence-electron chi connectivity index (χ4n) is 2.85. The maximum absolute atomic E-state index is 11.9. The van der Waals surface area contributed by atoms with Gasteiger partial charge in [-0.2, -0.15) is 0 Å². The molecule has 2 unspecified atom stereocenters. The average molecular weight is 309 g/mol. The molecular weight excluding hydrogens is 294 g/mol. The molecule has 7 nitrogen and oxygen atoms in total. The van der Waals surface area contributed by atoms with E-state index < -0.39 is 17.9 Å². The van der Waals surface area contributed by atoms with Crippen LogP contribution < -0.4 is 10.2 Å². The first kappa shape index (κ1) is 14.0. The third-order valence-electron chi connectivity index (χ3n) is 3.89. The van der Waals surface area contributed by atoms with E-state index in [1.165, 1.54) is 11.3 Å². The Labute approximate surface area is 125 Å². The summed E-state index contributed by atoms with van der Waals surface area (Å²) in [6.45, 7) is 1.95. The van der Waals surface area contributed by atoms with Crippen LogP contribution in [0, 0.1) is 0 Å². The minimum Gasteiger partial charge on any atom is -0.481 e. The van der Waals surface area contributed by atoms with Crippen LogP contribution in [0.3, 0.4) is 0 Å². The highest BCUT2D eigenvalue weighted by atomic mass is 32.1. The van der Waals surface area contributed by atoms with Crippen LogP contribution in [0.1, 0.15) is 36.3 Å². The number of hydrogen-bond acceptors (Lipinski definition) is 6. The Morgan fingerprint density at radius 2 is 2.29 bits per heavy atom. The van der Waals surface area contributed by atoms with Gasteiger partial charge in [0.2, 0.25) is 11.8 Å². The lowest BCUT2D eigenvalue weighted by Crippen LogP contribution is -2.58. The maximum Gasteiger partial charge on any atom is 0.312 e. The largest absolute Gasteiger partial charge is 0.481 e. The predicted molar refractivity (Wildman–Crippen MR) is 75.4 cm³/mol. The smallest absolute Gasteiger partial charge is 0.312 e. The molecule has 0 radical (unpaired) electrons. The number of imide groups is 1. The molecule has 8 heteroatoms. The lowest BCUT2D eigenvalue weighted by molar-refractivity contribution is -0.139. The van der Waals surface area contributed by atoms with Gasteiger partial charge < -0.3 is 10.0 Å². The molecule has 2 atom stereocenters. The van der Waals surface area contributed by atoms with Crippen LogP contribution in [0.5, 0.6) is 0 Å². The van der Waals surface area contributed by atoms with Crippen LogP contribution in [-0.2, 0) is 20.8 Å². The monoisotopic (exact) mass is 309 g/mol. The summed E-state index contributed by atoms with van der Waals surface area (Å²) >= 11 is 1.39. The van der Waals surface area contributed by atoms with Crippen LogP contribution in [0.25, 0.3) is 0 Å². The van der Waals surface area contributed by atoms with Gasteiger partial charge in [-0.15, -0.1) is 11.3 Å². The van der Waals surface area contributed by atoms with Gasteiger partial charge in [0, 0.05) is 4.88 Å². The molecule has 2 amide bonds. The van der Waals surface area contributed by atoms with Gasteiger partial charge in [0.15, 0.2) is 5.13 Å². The number of carbonyl (C=O) groups is 3. The molecule has 0 bridgehead atoms. The summed E-state index contributed by atoms with van der Waals surface area (Å²) in [5.74, 6) is -2.11. The lowest BCUT2D eigenvalue weighted by Gasteiger charge is -2.33. The normalized spacial score (nSPS) is 24.9. The number of rotatable bonds is 3. The number of carbonyl (C=O) groups excluding carboxylic acids is 2. The zero-order valence-corrected chi connectivity index (χ0v) is 12.3. The molecule has 0 spiro atoms. The molecule has 2 N–H and O–H groups in total. The third-order valence-corrected chi connectivity index (χ3v) is 5.06. The minimum absolute atomic E-state index is 0.0778. The molecule has 1 saturated heterocycles. The van der Waals surface area contributed by atoms with Gasteiger partial charge in [-0.3, -0.25) is 19.7 Å². The van der Waals surface area contributed by atoms with Crippen molar-refractivity contribution in [3.05, 3.63) is 10.6 Å². The minimum atomic E-state index is -0.870. The van der Waals surface area contributed by atoms with E-state index >= 15 is 0 Å². The van der Waals surface area contributed by atoms with Gasteiger partial charge >= 0.3 is 5.97 Å². The zero-order valence-electron chi connectivity index (χ0n) is 11.5. The highest BCUT2D eigenvalue weighted by Gasteiger charge is 2.37. The molecule has 1 aliphatic carbocycles. The van der Waals surface area contributed by atoms with Crippen molar-refractivity contribution < 1.29 is 19.5 Å². The highest BCUT2D eigenvalue weighted by molar-refractivity contribution is 7.15. The number of hydrogen-bond donors (Lipinski definition) is 2. The molecule has 1 aliphatic heterocycles. The predicted octanol–water partition coefficient (Wildman–Crippen LogP) is 0.499. The average Bonchev–Trinajstić information content (AvgIpc) is 2.96. The van der Waals surface area contributed by atoms with E-state index in [1.54, 1.807) is 4.90 Å². The zero-order chi connectivity index (χ0) is 15.1. The number of aromatic nitrogens is 1. The molecule has 112 valence electrons. The number of nitrogens with one attached hydrogen (secondary N) is 1. The van der Waals surface area contributed by atoms with E-state index in [0.717, 1.165) is 4.88 Å². The van der Waals surface area contributed by atoms with Crippen molar-refractivity contribution in [2.45, 2.75) is 38.1 Å². The summed E-state index contributed by atoms with van der Waals surface area (Å²) in [6.07, 6.45) is 1.82. The van der Waals surface area contributed by atoms with Crippen LogP contribution in [-0.4, -0.2) is 40.5 Å². The van der Waals surface area contributed by atoms with Gasteiger partial charge in [0.1, 0.15) is 18.5 Å². The molecular formula is C13H15N3O4S. The van der Waals surface area contributed by atoms with E-state index in [4.69, 9.17) is 0 Å². The van der Waals surface area contributed by atoms with Crippen molar-refractivity contribution in [2.24, 2.45) is 0 Å². The molecule has 2 heterocycles. The van der Waals surface area contributed by atoms with E-state index in [9.17, 15) is 19.5 Å². The first-order chi connectivity index (χ1) is 10.0. The number of carboxylic acid groups (broad SMARTS) is 1. The van der Waals surface area contributed by atoms with Crippen LogP contribution in [0.2, 0.25) is 0 Å². The Bertz CT molecular complexity index is 627. The lowest BCUT2D eigenvalue weighted by atomic mass is 10.1. The summed E-state index contributed by atoms with van der Waals surface area (Å²) in [4.78, 5) is 41.7. The first-order valence-electron chi connectivity index (χ1n) is 6.84. The number of amides is 2. The number of nitrogens with zero attached hydrogens (tertiary/aromatic N) is 2. The molecule has 0 aromatic carbocycles. The number of anilines is 1. The van der Waals surface area contributed by atoms with Crippen molar-refractivity contribution in [3.63, 3.8) is 0 Å². The second-order valence-electron chi connectivity index (χ2n) is 5.20. The second-order valence-corrected chi connectivity index (χ2v) is 6.26. The van der Waals surface area contributed by atoms with Gasteiger partial charge in [-0.1, -0.05) is 6.92 Å². The number of thiazole rings is 1. The Balaban J connectivity index is 1.93. The first-order valence-corrected chi connectivity index (χ1v) is 7.65. The van der Waals surface area contributed by atoms with Crippen LogP contribution in [0.4, 0.5) is 5.13 Å². The Hall–Kier alpha value is -1.96.